The quantitative estimate of drug-likeness (QED) is 0.345. The highest BCUT2D eigenvalue weighted by atomic mass is 19.2. The Morgan fingerprint density at radius 3 is 2.59 bits per heavy atom. The standard InChI is InChI=1S/C27H32F2N4O4/c1-27(2,36)13-7-11-21(33(3)25(34)31-16-20-10-6-12-22(28)24(20)29)17-37-26(35)32-23-14-18-8-4-5-9-19(18)15-30-23/h4-6,8-10,12,14-15,21,36H,7,11,13,16-17H2,1-3H3,(H,31,34)(H,30,32,35)/t21-/m0/s1. The van der Waals surface area contributed by atoms with Crippen LogP contribution in [0, 0.1) is 11.6 Å². The molecule has 3 rings (SSSR count). The van der Waals surface area contributed by atoms with Gasteiger partial charge in [0, 0.05) is 30.7 Å². The van der Waals surface area contributed by atoms with Gasteiger partial charge in [0.1, 0.15) is 12.4 Å². The molecule has 3 aromatic rings. The maximum absolute atomic E-state index is 13.9. The number of nitrogens with zero attached hydrogens (tertiary/aromatic N) is 2. The van der Waals surface area contributed by atoms with Crippen LogP contribution in [0.3, 0.4) is 0 Å². The van der Waals surface area contributed by atoms with E-state index < -0.39 is 35.4 Å². The van der Waals surface area contributed by atoms with Gasteiger partial charge in [-0.05, 0) is 50.6 Å². The summed E-state index contributed by atoms with van der Waals surface area (Å²) in [4.78, 5) is 30.8. The molecule has 3 amide bonds. The Morgan fingerprint density at radius 2 is 1.86 bits per heavy atom. The Morgan fingerprint density at radius 1 is 1.14 bits per heavy atom. The Balaban J connectivity index is 1.60. The zero-order chi connectivity index (χ0) is 27.0. The second-order valence-electron chi connectivity index (χ2n) is 9.48. The molecule has 1 heterocycles. The second kappa shape index (κ2) is 12.4. The summed E-state index contributed by atoms with van der Waals surface area (Å²) >= 11 is 0. The number of rotatable bonds is 10. The number of aliphatic hydroxyl groups is 1. The molecule has 0 unspecified atom stereocenters. The molecule has 0 aliphatic heterocycles. The Hall–Kier alpha value is -3.79. The van der Waals surface area contributed by atoms with Gasteiger partial charge in [0.15, 0.2) is 11.6 Å². The number of hydrogen-bond donors (Lipinski definition) is 3. The number of carbonyl (C=O) groups excluding carboxylic acids is 2. The normalized spacial score (nSPS) is 12.2. The van der Waals surface area contributed by atoms with Crippen molar-refractivity contribution in [1.82, 2.24) is 15.2 Å². The zero-order valence-electron chi connectivity index (χ0n) is 21.1. The van der Waals surface area contributed by atoms with Crippen molar-refractivity contribution in [3.63, 3.8) is 0 Å². The van der Waals surface area contributed by atoms with Crippen LogP contribution in [-0.4, -0.2) is 52.4 Å². The minimum Gasteiger partial charge on any atom is -0.447 e. The van der Waals surface area contributed by atoms with Gasteiger partial charge in [-0.3, -0.25) is 5.32 Å². The number of fused-ring (bicyclic) bond motifs is 1. The molecule has 37 heavy (non-hydrogen) atoms. The molecule has 0 radical (unpaired) electrons. The van der Waals surface area contributed by atoms with Crippen molar-refractivity contribution >= 4 is 28.7 Å². The van der Waals surface area contributed by atoms with Crippen molar-refractivity contribution in [3.8, 4) is 0 Å². The number of carbonyl (C=O) groups is 2. The lowest BCUT2D eigenvalue weighted by Crippen LogP contribution is -2.46. The van der Waals surface area contributed by atoms with E-state index in [0.717, 1.165) is 16.8 Å². The molecule has 3 N–H and O–H groups in total. The number of pyridine rings is 1. The lowest BCUT2D eigenvalue weighted by atomic mass is 9.99. The van der Waals surface area contributed by atoms with Crippen LogP contribution in [0.15, 0.2) is 54.7 Å². The lowest BCUT2D eigenvalue weighted by Gasteiger charge is -2.29. The van der Waals surface area contributed by atoms with Crippen LogP contribution in [0.25, 0.3) is 10.8 Å². The predicted octanol–water partition coefficient (Wildman–Crippen LogP) is 5.21. The third kappa shape index (κ3) is 8.38. The molecular weight excluding hydrogens is 482 g/mol. The van der Waals surface area contributed by atoms with Gasteiger partial charge in [-0.25, -0.2) is 23.4 Å². The number of halogens is 2. The van der Waals surface area contributed by atoms with E-state index in [0.29, 0.717) is 25.1 Å². The SMILES string of the molecule is CN(C(=O)NCc1cccc(F)c1F)[C@@H](CCCC(C)(C)O)COC(=O)Nc1cc2ccccc2cn1. The summed E-state index contributed by atoms with van der Waals surface area (Å²) in [5.41, 5.74) is -0.876. The van der Waals surface area contributed by atoms with Crippen molar-refractivity contribution in [2.24, 2.45) is 0 Å². The van der Waals surface area contributed by atoms with Gasteiger partial charge in [-0.1, -0.05) is 36.4 Å². The number of nitrogens with one attached hydrogen (secondary N) is 2. The molecule has 10 heteroatoms. The molecule has 8 nitrogen and oxygen atoms in total. The number of aromatic nitrogens is 1. The number of benzene rings is 2. The van der Waals surface area contributed by atoms with Gasteiger partial charge in [-0.2, -0.15) is 0 Å². The van der Waals surface area contributed by atoms with E-state index in [1.807, 2.05) is 24.3 Å². The maximum atomic E-state index is 13.9. The van der Waals surface area contributed by atoms with E-state index in [-0.39, 0.29) is 18.7 Å². The Bertz CT molecular complexity index is 1230. The van der Waals surface area contributed by atoms with Gasteiger partial charge in [0.05, 0.1) is 11.6 Å². The highest BCUT2D eigenvalue weighted by molar-refractivity contribution is 5.89. The summed E-state index contributed by atoms with van der Waals surface area (Å²) in [6.07, 6.45) is 2.38. The van der Waals surface area contributed by atoms with Crippen LogP contribution < -0.4 is 10.6 Å². The molecule has 1 atom stereocenters. The smallest absolute Gasteiger partial charge is 0.412 e. The number of ether oxygens (including phenoxy) is 1. The van der Waals surface area contributed by atoms with Crippen molar-refractivity contribution in [2.45, 2.75) is 51.3 Å². The van der Waals surface area contributed by atoms with E-state index in [4.69, 9.17) is 4.74 Å². The van der Waals surface area contributed by atoms with E-state index in [9.17, 15) is 23.5 Å². The summed E-state index contributed by atoms with van der Waals surface area (Å²) in [7, 11) is 1.53. The first-order valence-electron chi connectivity index (χ1n) is 12.0. The fraction of sp³-hybridized carbons (Fsp3) is 0.370. The monoisotopic (exact) mass is 514 g/mol. The van der Waals surface area contributed by atoms with E-state index in [1.54, 1.807) is 26.1 Å². The molecule has 0 saturated heterocycles. The van der Waals surface area contributed by atoms with Crippen molar-refractivity contribution in [3.05, 3.63) is 71.9 Å². The summed E-state index contributed by atoms with van der Waals surface area (Å²) in [6, 6.07) is 12.0. The average Bonchev–Trinajstić information content (AvgIpc) is 2.85. The molecule has 0 aliphatic carbocycles. The highest BCUT2D eigenvalue weighted by Crippen LogP contribution is 2.18. The molecule has 1 aromatic heterocycles. The molecule has 0 aliphatic rings. The minimum absolute atomic E-state index is 0.0128. The predicted molar refractivity (Wildman–Crippen MR) is 137 cm³/mol. The first kappa shape index (κ1) is 27.8. The number of anilines is 1. The molecular formula is C27H32F2N4O4. The first-order valence-corrected chi connectivity index (χ1v) is 12.0. The van der Waals surface area contributed by atoms with E-state index in [2.05, 4.69) is 15.6 Å². The van der Waals surface area contributed by atoms with E-state index in [1.165, 1.54) is 24.1 Å². The molecule has 0 fully saturated rings. The largest absolute Gasteiger partial charge is 0.447 e. The number of amides is 3. The molecule has 198 valence electrons. The number of hydrogen-bond acceptors (Lipinski definition) is 5. The number of urea groups is 1. The fourth-order valence-electron chi connectivity index (χ4n) is 3.77. The zero-order valence-corrected chi connectivity index (χ0v) is 21.1. The molecule has 2 aromatic carbocycles. The molecule has 0 saturated carbocycles. The minimum atomic E-state index is -1.02. The summed E-state index contributed by atoms with van der Waals surface area (Å²) in [5.74, 6) is -1.69. The van der Waals surface area contributed by atoms with Crippen LogP contribution >= 0.6 is 0 Å². The maximum Gasteiger partial charge on any atom is 0.412 e. The number of likely N-dealkylation sites (N-methyl/N-ethyl adjacent to an activating group) is 1. The van der Waals surface area contributed by atoms with Gasteiger partial charge < -0.3 is 20.1 Å². The van der Waals surface area contributed by atoms with Crippen LogP contribution in [0.5, 0.6) is 0 Å². The van der Waals surface area contributed by atoms with Crippen LogP contribution in [0.4, 0.5) is 24.2 Å². The topological polar surface area (TPSA) is 104 Å². The van der Waals surface area contributed by atoms with Crippen LogP contribution in [-0.2, 0) is 11.3 Å². The fourth-order valence-corrected chi connectivity index (χ4v) is 3.77. The van der Waals surface area contributed by atoms with E-state index >= 15 is 0 Å². The second-order valence-corrected chi connectivity index (χ2v) is 9.48. The van der Waals surface area contributed by atoms with Gasteiger partial charge in [-0.15, -0.1) is 0 Å². The third-order valence-electron chi connectivity index (χ3n) is 5.92. The van der Waals surface area contributed by atoms with Crippen LogP contribution in [0.1, 0.15) is 38.7 Å². The summed E-state index contributed by atoms with van der Waals surface area (Å²) < 4.78 is 32.8. The van der Waals surface area contributed by atoms with Gasteiger partial charge in [0.25, 0.3) is 0 Å². The van der Waals surface area contributed by atoms with Crippen LogP contribution in [0.2, 0.25) is 0 Å². The van der Waals surface area contributed by atoms with Crippen molar-refractivity contribution in [2.75, 3.05) is 19.0 Å². The lowest BCUT2D eigenvalue weighted by molar-refractivity contribution is 0.0624. The summed E-state index contributed by atoms with van der Waals surface area (Å²) in [6.45, 7) is 3.04. The highest BCUT2D eigenvalue weighted by Gasteiger charge is 2.23. The van der Waals surface area contributed by atoms with Gasteiger partial charge in [0.2, 0.25) is 0 Å². The molecule has 0 bridgehead atoms. The summed E-state index contributed by atoms with van der Waals surface area (Å²) in [5, 5.41) is 17.0. The van der Waals surface area contributed by atoms with Crippen molar-refractivity contribution < 1.29 is 28.2 Å². The van der Waals surface area contributed by atoms with Crippen molar-refractivity contribution in [1.29, 1.82) is 0 Å². The Labute approximate surface area is 214 Å². The Kier molecular flexibility index (Phi) is 9.35. The van der Waals surface area contributed by atoms with Gasteiger partial charge >= 0.3 is 12.1 Å². The third-order valence-corrected chi connectivity index (χ3v) is 5.92. The molecule has 0 spiro atoms. The first-order chi connectivity index (χ1) is 17.5. The average molecular weight is 515 g/mol.